The standard InChI is InChI=1S/C13H17N3O4S/c1-6(2)9(12(19)20)15-11(18)8-5-21-13(14-8)16-10(17)7-3-4-7/h5-7,9H,3-4H2,1-2H3,(H,15,18)(H,19,20)(H,14,16,17). The van der Waals surface area contributed by atoms with E-state index in [0.717, 1.165) is 24.2 Å². The second-order valence-electron chi connectivity index (χ2n) is 5.33. The Bertz CT molecular complexity index is 566. The van der Waals surface area contributed by atoms with Gasteiger partial charge in [-0.05, 0) is 18.8 Å². The van der Waals surface area contributed by atoms with E-state index in [1.54, 1.807) is 13.8 Å². The molecule has 3 N–H and O–H groups in total. The summed E-state index contributed by atoms with van der Waals surface area (Å²) in [7, 11) is 0. The van der Waals surface area contributed by atoms with Gasteiger partial charge in [-0.3, -0.25) is 9.59 Å². The van der Waals surface area contributed by atoms with Crippen LogP contribution in [0.5, 0.6) is 0 Å². The predicted octanol–water partition coefficient (Wildman–Crippen LogP) is 1.33. The van der Waals surface area contributed by atoms with Crippen molar-refractivity contribution in [3.8, 4) is 0 Å². The molecule has 2 amide bonds. The number of nitrogens with one attached hydrogen (secondary N) is 2. The van der Waals surface area contributed by atoms with Gasteiger partial charge in [0.25, 0.3) is 5.91 Å². The second-order valence-corrected chi connectivity index (χ2v) is 6.19. The zero-order valence-electron chi connectivity index (χ0n) is 11.8. The highest BCUT2D eigenvalue weighted by molar-refractivity contribution is 7.14. The van der Waals surface area contributed by atoms with Gasteiger partial charge in [0, 0.05) is 11.3 Å². The van der Waals surface area contributed by atoms with Crippen LogP contribution in [-0.4, -0.2) is 33.9 Å². The zero-order chi connectivity index (χ0) is 15.6. The van der Waals surface area contributed by atoms with Gasteiger partial charge in [0.2, 0.25) is 5.91 Å². The molecule has 114 valence electrons. The molecule has 21 heavy (non-hydrogen) atoms. The minimum atomic E-state index is -1.09. The SMILES string of the molecule is CC(C)C(NC(=O)c1csc(NC(=O)C2CC2)n1)C(=O)O. The highest BCUT2D eigenvalue weighted by Gasteiger charge is 2.30. The maximum atomic E-state index is 12.0. The number of rotatable bonds is 6. The number of thiazole rings is 1. The first kappa shape index (κ1) is 15.4. The molecule has 0 aromatic carbocycles. The first-order valence-corrected chi connectivity index (χ1v) is 7.56. The molecule has 1 fully saturated rings. The topological polar surface area (TPSA) is 108 Å². The lowest BCUT2D eigenvalue weighted by molar-refractivity contribution is -0.140. The van der Waals surface area contributed by atoms with Gasteiger partial charge in [0.15, 0.2) is 5.13 Å². The minimum Gasteiger partial charge on any atom is -0.480 e. The van der Waals surface area contributed by atoms with Gasteiger partial charge in [-0.1, -0.05) is 13.8 Å². The molecule has 2 rings (SSSR count). The molecule has 7 nitrogen and oxygen atoms in total. The van der Waals surface area contributed by atoms with Crippen molar-refractivity contribution in [2.24, 2.45) is 11.8 Å². The molecule has 0 radical (unpaired) electrons. The number of nitrogens with zero attached hydrogens (tertiary/aromatic N) is 1. The number of aliphatic carboxylic acids is 1. The Hall–Kier alpha value is -1.96. The highest BCUT2D eigenvalue weighted by Crippen LogP contribution is 2.30. The van der Waals surface area contributed by atoms with Crippen molar-refractivity contribution >= 4 is 34.3 Å². The van der Waals surface area contributed by atoms with Gasteiger partial charge >= 0.3 is 5.97 Å². The van der Waals surface area contributed by atoms with E-state index >= 15 is 0 Å². The fraction of sp³-hybridized carbons (Fsp3) is 0.538. The number of hydrogen-bond acceptors (Lipinski definition) is 5. The fourth-order valence-electron chi connectivity index (χ4n) is 1.72. The molecule has 0 bridgehead atoms. The third-order valence-corrected chi connectivity index (χ3v) is 3.89. The number of carbonyl (C=O) groups excluding carboxylic acids is 2. The Morgan fingerprint density at radius 2 is 2.05 bits per heavy atom. The van der Waals surface area contributed by atoms with Crippen LogP contribution in [0.1, 0.15) is 37.2 Å². The Labute approximate surface area is 125 Å². The molecule has 1 aromatic heterocycles. The number of amides is 2. The van der Waals surface area contributed by atoms with Crippen LogP contribution in [0.4, 0.5) is 5.13 Å². The molecule has 1 saturated carbocycles. The van der Waals surface area contributed by atoms with Gasteiger partial charge in [-0.15, -0.1) is 11.3 Å². The first-order chi connectivity index (χ1) is 9.88. The third kappa shape index (κ3) is 4.01. The number of hydrogen-bond donors (Lipinski definition) is 3. The summed E-state index contributed by atoms with van der Waals surface area (Å²) in [5.41, 5.74) is 0.109. The molecule has 1 aliphatic rings. The average Bonchev–Trinajstić information content (AvgIpc) is 3.16. The Balaban J connectivity index is 1.97. The van der Waals surface area contributed by atoms with Gasteiger partial charge in [-0.25, -0.2) is 9.78 Å². The van der Waals surface area contributed by atoms with Crippen molar-refractivity contribution in [1.29, 1.82) is 0 Å². The van der Waals surface area contributed by atoms with E-state index in [9.17, 15) is 14.4 Å². The second kappa shape index (κ2) is 6.21. The largest absolute Gasteiger partial charge is 0.480 e. The number of carbonyl (C=O) groups is 3. The summed E-state index contributed by atoms with van der Waals surface area (Å²) in [5, 5.41) is 16.0. The number of carboxylic acids is 1. The van der Waals surface area contributed by atoms with Gasteiger partial charge in [0.05, 0.1) is 0 Å². The fourth-order valence-corrected chi connectivity index (χ4v) is 2.41. The maximum absolute atomic E-state index is 12.0. The molecular formula is C13H17N3O4S. The van der Waals surface area contributed by atoms with Gasteiger partial charge in [0.1, 0.15) is 11.7 Å². The third-order valence-electron chi connectivity index (χ3n) is 3.13. The van der Waals surface area contributed by atoms with Crippen molar-refractivity contribution in [2.45, 2.75) is 32.7 Å². The molecule has 1 unspecified atom stereocenters. The predicted molar refractivity (Wildman–Crippen MR) is 77.2 cm³/mol. The molecular weight excluding hydrogens is 294 g/mol. The van der Waals surface area contributed by atoms with Crippen molar-refractivity contribution in [3.05, 3.63) is 11.1 Å². The molecule has 8 heteroatoms. The smallest absolute Gasteiger partial charge is 0.326 e. The molecule has 1 aliphatic carbocycles. The van der Waals surface area contributed by atoms with Crippen molar-refractivity contribution in [2.75, 3.05) is 5.32 Å². The number of anilines is 1. The number of aromatic nitrogens is 1. The molecule has 1 atom stereocenters. The van der Waals surface area contributed by atoms with E-state index in [1.165, 1.54) is 5.38 Å². The Morgan fingerprint density at radius 3 is 2.57 bits per heavy atom. The zero-order valence-corrected chi connectivity index (χ0v) is 12.6. The van der Waals surface area contributed by atoms with Crippen molar-refractivity contribution < 1.29 is 19.5 Å². The van der Waals surface area contributed by atoms with Crippen LogP contribution in [0.15, 0.2) is 5.38 Å². The highest BCUT2D eigenvalue weighted by atomic mass is 32.1. The van der Waals surface area contributed by atoms with Crippen LogP contribution in [0.2, 0.25) is 0 Å². The minimum absolute atomic E-state index is 0.0588. The van der Waals surface area contributed by atoms with E-state index in [2.05, 4.69) is 15.6 Å². The van der Waals surface area contributed by atoms with Crippen LogP contribution >= 0.6 is 11.3 Å². The lowest BCUT2D eigenvalue weighted by Crippen LogP contribution is -2.44. The van der Waals surface area contributed by atoms with E-state index in [-0.39, 0.29) is 23.4 Å². The summed E-state index contributed by atoms with van der Waals surface area (Å²) < 4.78 is 0. The summed E-state index contributed by atoms with van der Waals surface area (Å²) >= 11 is 1.14. The van der Waals surface area contributed by atoms with E-state index < -0.39 is 17.9 Å². The average molecular weight is 311 g/mol. The molecule has 0 spiro atoms. The van der Waals surface area contributed by atoms with E-state index in [0.29, 0.717) is 5.13 Å². The summed E-state index contributed by atoms with van der Waals surface area (Å²) in [6.07, 6.45) is 1.78. The summed E-state index contributed by atoms with van der Waals surface area (Å²) in [5.74, 6) is -1.90. The van der Waals surface area contributed by atoms with Crippen LogP contribution in [-0.2, 0) is 9.59 Å². The summed E-state index contributed by atoms with van der Waals surface area (Å²) in [6, 6.07) is -0.969. The van der Waals surface area contributed by atoms with Gasteiger partial charge in [-0.2, -0.15) is 0 Å². The quantitative estimate of drug-likeness (QED) is 0.734. The van der Waals surface area contributed by atoms with E-state index in [1.807, 2.05) is 0 Å². The van der Waals surface area contributed by atoms with Crippen molar-refractivity contribution in [1.82, 2.24) is 10.3 Å². The monoisotopic (exact) mass is 311 g/mol. The molecule has 1 aromatic rings. The van der Waals surface area contributed by atoms with Gasteiger partial charge < -0.3 is 15.7 Å². The van der Waals surface area contributed by atoms with Crippen LogP contribution in [0, 0.1) is 11.8 Å². The van der Waals surface area contributed by atoms with Crippen LogP contribution < -0.4 is 10.6 Å². The summed E-state index contributed by atoms with van der Waals surface area (Å²) in [6.45, 7) is 3.42. The maximum Gasteiger partial charge on any atom is 0.326 e. The lowest BCUT2D eigenvalue weighted by Gasteiger charge is -2.16. The van der Waals surface area contributed by atoms with Crippen LogP contribution in [0.3, 0.4) is 0 Å². The van der Waals surface area contributed by atoms with Crippen molar-refractivity contribution in [3.63, 3.8) is 0 Å². The molecule has 1 heterocycles. The Kier molecular flexibility index (Phi) is 4.56. The summed E-state index contributed by atoms with van der Waals surface area (Å²) in [4.78, 5) is 38.6. The normalized spacial score (nSPS) is 15.6. The van der Waals surface area contributed by atoms with Crippen LogP contribution in [0.25, 0.3) is 0 Å². The lowest BCUT2D eigenvalue weighted by atomic mass is 10.0. The molecule has 0 aliphatic heterocycles. The first-order valence-electron chi connectivity index (χ1n) is 6.68. The van der Waals surface area contributed by atoms with E-state index in [4.69, 9.17) is 5.11 Å². The Morgan fingerprint density at radius 1 is 1.38 bits per heavy atom. The number of carboxylic acid groups (broad SMARTS) is 1. The molecule has 0 saturated heterocycles.